The lowest BCUT2D eigenvalue weighted by Gasteiger charge is -2.39. The summed E-state index contributed by atoms with van der Waals surface area (Å²) < 4.78 is 8.04. The molecule has 0 aromatic heterocycles. The lowest BCUT2D eigenvalue weighted by molar-refractivity contribution is 0.425. The van der Waals surface area contributed by atoms with Crippen LogP contribution in [0.25, 0.3) is 0 Å². The molecule has 0 atom stereocenters. The Labute approximate surface area is 455 Å². The summed E-state index contributed by atoms with van der Waals surface area (Å²) in [5, 5.41) is 8.07. The lowest BCUT2D eigenvalue weighted by atomic mass is 9.76. The first kappa shape index (κ1) is 57.7. The molecule has 0 unspecified atom stereocenters. The van der Waals surface area contributed by atoms with E-state index in [2.05, 4.69) is 289 Å². The van der Waals surface area contributed by atoms with E-state index in [-0.39, 0.29) is 48.7 Å². The van der Waals surface area contributed by atoms with Crippen molar-refractivity contribution in [2.24, 2.45) is 0 Å². The van der Waals surface area contributed by atoms with Gasteiger partial charge in [-0.05, 0) is 125 Å². The average Bonchev–Trinajstić information content (AvgIpc) is 3.24. The largest absolute Gasteiger partial charge is 0.455 e. The summed E-state index contributed by atoms with van der Waals surface area (Å²) in [5.74, 6) is 2.04. The average molecular weight is 1030 g/mol. The maximum Gasteiger partial charge on any atom is 0.139 e. The van der Waals surface area contributed by atoms with Gasteiger partial charge in [-0.25, -0.2) is 0 Å². The number of ether oxygens (including phenoxy) is 1. The molecule has 0 saturated heterocycles. The van der Waals surface area contributed by atoms with Crippen molar-refractivity contribution in [3.63, 3.8) is 0 Å². The van der Waals surface area contributed by atoms with Crippen LogP contribution in [-0.4, -0.2) is 0 Å². The molecule has 1 heterocycles. The van der Waals surface area contributed by atoms with E-state index in [0.717, 1.165) is 11.5 Å². The van der Waals surface area contributed by atoms with E-state index in [9.17, 15) is 0 Å². The second-order valence-electron chi connectivity index (χ2n) is 30.8. The fraction of sp³-hybridized carbons (Fsp3) is 0.493. The van der Waals surface area contributed by atoms with E-state index in [1.165, 1.54) is 87.5 Å². The highest BCUT2D eigenvalue weighted by Gasteiger charge is 2.41. The summed E-state index contributed by atoms with van der Waals surface area (Å²) in [7, 11) is -2.29. The smallest absolute Gasteiger partial charge is 0.139 e. The molecule has 3 heteroatoms. The molecule has 0 fully saturated rings. The van der Waals surface area contributed by atoms with Gasteiger partial charge in [-0.2, -0.15) is 0 Å². The quantitative estimate of drug-likeness (QED) is 0.151. The molecule has 7 rings (SSSR count). The maximum absolute atomic E-state index is 8.04. The van der Waals surface area contributed by atoms with Crippen LogP contribution in [0.5, 0.6) is 11.5 Å². The maximum atomic E-state index is 8.04. The number of hydrogen-bond acceptors (Lipinski definition) is 1. The van der Waals surface area contributed by atoms with Gasteiger partial charge in [-0.15, -0.1) is 0 Å². The van der Waals surface area contributed by atoms with Gasteiger partial charge in [0, 0.05) is 27.2 Å². The normalized spacial score (nSPS) is 14.8. The van der Waals surface area contributed by atoms with Crippen LogP contribution in [0.3, 0.4) is 0 Å². The van der Waals surface area contributed by atoms with E-state index in [0.29, 0.717) is 0 Å². The van der Waals surface area contributed by atoms with Crippen LogP contribution < -0.4 is 36.6 Å². The molecule has 0 radical (unpaired) electrons. The first-order chi connectivity index (χ1) is 33.5. The fourth-order valence-corrected chi connectivity index (χ4v) is 15.2. The highest BCUT2D eigenvalue weighted by atomic mass is 31.1. The Morgan fingerprint density at radius 1 is 0.284 bits per heavy atom. The molecule has 6 aromatic rings. The van der Waals surface area contributed by atoms with Crippen LogP contribution in [0, 0.1) is 0 Å². The third-order valence-corrected chi connectivity index (χ3v) is 20.4. The zero-order chi connectivity index (χ0) is 55.5. The highest BCUT2D eigenvalue weighted by molar-refractivity contribution is 7.80. The molecule has 1 nitrogen and oxygen atoms in total. The molecule has 74 heavy (non-hydrogen) atoms. The third kappa shape index (κ3) is 11.9. The van der Waals surface area contributed by atoms with Crippen molar-refractivity contribution in [2.75, 3.05) is 0 Å². The molecule has 0 aliphatic carbocycles. The van der Waals surface area contributed by atoms with Gasteiger partial charge < -0.3 is 4.74 Å². The van der Waals surface area contributed by atoms with E-state index in [1.807, 2.05) is 0 Å². The SMILES string of the molecule is CC(C)(C)c1cc(P(c2cc(C(C)(C)C)cc(C(C)(C)C)c2)c2cccc3c2Oc2c(P(c4cc(C(C)(C)C)cc(C(C)(C)C)c4)c4cc(C(C)(C)C)cc(C(C)(C)C)c4)cccc2C3(C)C)cc(C(C)(C)C)c1. The second kappa shape index (κ2) is 19.2. The molecular formula is C71H96OP2. The Kier molecular flexibility index (Phi) is 14.9. The van der Waals surface area contributed by atoms with Crippen molar-refractivity contribution in [3.8, 4) is 11.5 Å². The minimum atomic E-state index is -1.15. The van der Waals surface area contributed by atoms with Crippen LogP contribution in [0.1, 0.15) is 236 Å². The van der Waals surface area contributed by atoms with Crippen molar-refractivity contribution < 1.29 is 4.74 Å². The Hall–Kier alpha value is -4.02. The van der Waals surface area contributed by atoms with Crippen molar-refractivity contribution in [3.05, 3.63) is 165 Å². The van der Waals surface area contributed by atoms with Crippen LogP contribution in [0.4, 0.5) is 0 Å². The van der Waals surface area contributed by atoms with Gasteiger partial charge in [-0.1, -0.05) is 289 Å². The predicted molar refractivity (Wildman–Crippen MR) is 332 cm³/mol. The van der Waals surface area contributed by atoms with Gasteiger partial charge in [-0.3, -0.25) is 0 Å². The van der Waals surface area contributed by atoms with Crippen LogP contribution in [0.2, 0.25) is 0 Å². The lowest BCUT2D eigenvalue weighted by Crippen LogP contribution is -2.34. The summed E-state index contributed by atoms with van der Waals surface area (Å²) >= 11 is 0. The van der Waals surface area contributed by atoms with Gasteiger partial charge in [0.05, 0.1) is 0 Å². The molecule has 0 spiro atoms. The topological polar surface area (TPSA) is 9.23 Å². The highest BCUT2D eigenvalue weighted by Crippen LogP contribution is 2.54. The zero-order valence-corrected chi connectivity index (χ0v) is 53.0. The Bertz CT molecular complexity index is 2580. The Morgan fingerprint density at radius 2 is 0.473 bits per heavy atom. The summed E-state index contributed by atoms with van der Waals surface area (Å²) in [6.07, 6.45) is 0. The molecule has 0 saturated carbocycles. The third-order valence-electron chi connectivity index (χ3n) is 15.7. The first-order valence-electron chi connectivity index (χ1n) is 27.7. The number of para-hydroxylation sites is 2. The number of rotatable bonds is 6. The Balaban J connectivity index is 1.63. The van der Waals surface area contributed by atoms with E-state index < -0.39 is 15.8 Å². The molecule has 0 amide bonds. The Morgan fingerprint density at radius 3 is 0.649 bits per heavy atom. The fourth-order valence-electron chi connectivity index (χ4n) is 10.1. The molecule has 0 bridgehead atoms. The van der Waals surface area contributed by atoms with Gasteiger partial charge >= 0.3 is 0 Å². The van der Waals surface area contributed by atoms with Crippen LogP contribution >= 0.6 is 15.8 Å². The van der Waals surface area contributed by atoms with Gasteiger partial charge in [0.15, 0.2) is 0 Å². The van der Waals surface area contributed by atoms with Crippen LogP contribution in [-0.2, 0) is 48.7 Å². The monoisotopic (exact) mass is 1030 g/mol. The summed E-state index contributed by atoms with van der Waals surface area (Å²) in [4.78, 5) is 0. The predicted octanol–water partition coefficient (Wildman–Crippen LogP) is 18.0. The summed E-state index contributed by atoms with van der Waals surface area (Å²) in [6.45, 7) is 61.8. The number of benzene rings is 6. The van der Waals surface area contributed by atoms with Crippen molar-refractivity contribution in [1.82, 2.24) is 0 Å². The molecule has 6 aromatic carbocycles. The number of hydrogen-bond donors (Lipinski definition) is 0. The first-order valence-corrected chi connectivity index (χ1v) is 30.3. The van der Waals surface area contributed by atoms with Gasteiger partial charge in [0.2, 0.25) is 0 Å². The van der Waals surface area contributed by atoms with E-state index >= 15 is 0 Å². The van der Waals surface area contributed by atoms with E-state index in [4.69, 9.17) is 4.74 Å². The molecule has 1 aliphatic rings. The van der Waals surface area contributed by atoms with Gasteiger partial charge in [0.25, 0.3) is 0 Å². The summed E-state index contributed by atoms with van der Waals surface area (Å²) in [5.41, 5.74) is 12.7. The molecule has 0 N–H and O–H groups in total. The second-order valence-corrected chi connectivity index (χ2v) is 35.2. The molecular weight excluding hydrogens is 931 g/mol. The minimum absolute atomic E-state index is 0.0469. The molecule has 396 valence electrons. The van der Waals surface area contributed by atoms with Crippen molar-refractivity contribution >= 4 is 47.7 Å². The number of fused-ring (bicyclic) bond motifs is 2. The standard InChI is InChI=1S/C71H96OP2/c1-63(2,3)45-33-46(64(4,5)6)38-53(37-45)73(54-39-47(65(7,8)9)34-48(40-54)66(10,11)12)59-31-27-29-57-61(59)72-62-58(71(57,25)26)30-28-32-60(62)74(55-41-49(67(13,14)15)35-50(42-55)68(16,17)18)56-43-51(69(19,20)21)36-52(44-56)70(22,23)24/h27-44H,1-26H3. The van der Waals surface area contributed by atoms with Crippen LogP contribution in [0.15, 0.2) is 109 Å². The molecule has 1 aliphatic heterocycles. The van der Waals surface area contributed by atoms with E-state index in [1.54, 1.807) is 0 Å². The van der Waals surface area contributed by atoms with Gasteiger partial charge in [0.1, 0.15) is 11.5 Å². The zero-order valence-electron chi connectivity index (χ0n) is 51.2. The minimum Gasteiger partial charge on any atom is -0.455 e. The summed E-state index contributed by atoms with van der Waals surface area (Å²) in [6, 6.07) is 44.5. The van der Waals surface area contributed by atoms with Crippen molar-refractivity contribution in [1.29, 1.82) is 0 Å². The van der Waals surface area contributed by atoms with Crippen molar-refractivity contribution in [2.45, 2.75) is 229 Å².